The van der Waals surface area contributed by atoms with Crippen LogP contribution in [0.3, 0.4) is 0 Å². The number of nitrogens with zero attached hydrogens (tertiary/aromatic N) is 2. The number of benzene rings is 10. The van der Waals surface area contributed by atoms with E-state index < -0.39 is 0 Å². The smallest absolute Gasteiger partial charge is 0.158 e. The van der Waals surface area contributed by atoms with Gasteiger partial charge in [0.15, 0.2) is 11.2 Å². The molecule has 3 N–H and O–H groups in total. The van der Waals surface area contributed by atoms with Crippen LogP contribution in [0.1, 0.15) is 105 Å². The standard InChI is InChI=1S/C38H38N2O.C26H30BrN.C12H9NO/c1-37(2,3)26-17-21-29(22-18-26)40(30-23-19-27(20-24-30)38(4,5)6)31-12-9-11-28(25-31)39-34-15-10-14-33-32-13-7-8-16-35(32)41-36(33)34;1-25(2,3)19-10-14-22(15-11-19)28(24-9-7-8-21(27)18-24)23-16-12-20(13-17-23)26(4,5)6;13-10-6-3-5-9-8-4-1-2-7-11(8)14-12(9)10/h7-25,39H,1-6H3;7-18H,1-6H3;1-7H,13H2. The lowest BCUT2D eigenvalue weighted by atomic mass is 9.86. The predicted octanol–water partition coefficient (Wildman–Crippen LogP) is 23.1. The van der Waals surface area contributed by atoms with E-state index in [9.17, 15) is 0 Å². The third-order valence-electron chi connectivity index (χ3n) is 15.3. The third kappa shape index (κ3) is 13.1. The molecule has 2 heterocycles. The normalized spacial score (nSPS) is 12.0. The van der Waals surface area contributed by atoms with Gasteiger partial charge in [-0.3, -0.25) is 0 Å². The maximum Gasteiger partial charge on any atom is 0.158 e. The highest BCUT2D eigenvalue weighted by Gasteiger charge is 2.22. The topological polar surface area (TPSA) is 70.8 Å². The maximum atomic E-state index is 6.28. The molecule has 0 radical (unpaired) electrons. The van der Waals surface area contributed by atoms with Crippen molar-refractivity contribution in [3.05, 3.63) is 257 Å². The third-order valence-corrected chi connectivity index (χ3v) is 15.7. The molecule has 0 saturated heterocycles. The van der Waals surface area contributed by atoms with Crippen molar-refractivity contribution in [3.63, 3.8) is 0 Å². The molecule has 0 aliphatic heterocycles. The summed E-state index contributed by atoms with van der Waals surface area (Å²) >= 11 is 3.62. The minimum Gasteiger partial charge on any atom is -0.454 e. The van der Waals surface area contributed by atoms with Crippen LogP contribution in [0, 0.1) is 0 Å². The monoisotopic (exact) mass is 1160 g/mol. The van der Waals surface area contributed by atoms with Crippen LogP contribution in [-0.4, -0.2) is 0 Å². The van der Waals surface area contributed by atoms with Crippen molar-refractivity contribution in [1.82, 2.24) is 0 Å². The zero-order valence-electron chi connectivity index (χ0n) is 50.1. The first-order valence-electron chi connectivity index (χ1n) is 28.7. The Morgan fingerprint density at radius 1 is 0.337 bits per heavy atom. The van der Waals surface area contributed by atoms with Crippen molar-refractivity contribution in [2.24, 2.45) is 0 Å². The lowest BCUT2D eigenvalue weighted by Gasteiger charge is -2.28. The van der Waals surface area contributed by atoms with E-state index in [1.54, 1.807) is 0 Å². The van der Waals surface area contributed by atoms with E-state index in [2.05, 4.69) is 290 Å². The molecule has 6 nitrogen and oxygen atoms in total. The number of nitrogens with one attached hydrogen (secondary N) is 1. The number of furan rings is 2. The SMILES string of the molecule is CC(C)(C)c1ccc(N(c2ccc(C(C)(C)C)cc2)c2cccc(Br)c2)cc1.CC(C)(C)c1ccc(N(c2ccc(C(C)(C)C)cc2)c2cccc(Nc3cccc4c3oc3ccccc34)c2)cc1.Nc1cccc2c1oc1ccccc12. The van der Waals surface area contributed by atoms with Crippen molar-refractivity contribution in [2.45, 2.75) is 105 Å². The number of para-hydroxylation sites is 4. The van der Waals surface area contributed by atoms with Crippen molar-refractivity contribution in [1.29, 1.82) is 0 Å². The fraction of sp³-hybridized carbons (Fsp3) is 0.211. The summed E-state index contributed by atoms with van der Waals surface area (Å²) < 4.78 is 13.0. The molecule has 0 aliphatic rings. The Bertz CT molecular complexity index is 4050. The Hall–Kier alpha value is -8.52. The van der Waals surface area contributed by atoms with E-state index in [0.717, 1.165) is 93.8 Å². The molecule has 0 fully saturated rings. The van der Waals surface area contributed by atoms with E-state index in [1.807, 2.05) is 54.6 Å². The van der Waals surface area contributed by atoms with Gasteiger partial charge >= 0.3 is 0 Å². The Labute approximate surface area is 499 Å². The summed E-state index contributed by atoms with van der Waals surface area (Å²) in [4.78, 5) is 4.63. The Balaban J connectivity index is 0.000000157. The Kier molecular flexibility index (Phi) is 16.3. The van der Waals surface area contributed by atoms with Crippen LogP contribution in [0.15, 0.2) is 244 Å². The highest BCUT2D eigenvalue weighted by atomic mass is 79.9. The molecular formula is C76H77BrN4O2. The highest BCUT2D eigenvalue weighted by Crippen LogP contribution is 2.42. The zero-order chi connectivity index (χ0) is 58.8. The summed E-state index contributed by atoms with van der Waals surface area (Å²) in [6, 6.07) is 81.0. The van der Waals surface area contributed by atoms with Crippen LogP contribution in [0.2, 0.25) is 0 Å². The number of nitrogens with two attached hydrogens (primary N) is 1. The quantitative estimate of drug-likeness (QED) is 0.148. The van der Waals surface area contributed by atoms with Gasteiger partial charge in [-0.1, -0.05) is 220 Å². The molecular weight excluding hydrogens is 1080 g/mol. The van der Waals surface area contributed by atoms with Crippen LogP contribution in [0.4, 0.5) is 51.2 Å². The number of halogens is 1. The average Bonchev–Trinajstić information content (AvgIpc) is 4.23. The lowest BCUT2D eigenvalue weighted by molar-refractivity contribution is 0.590. The van der Waals surface area contributed by atoms with Gasteiger partial charge < -0.3 is 29.7 Å². The van der Waals surface area contributed by atoms with E-state index in [0.29, 0.717) is 5.69 Å². The molecule has 12 rings (SSSR count). The van der Waals surface area contributed by atoms with Crippen molar-refractivity contribution < 1.29 is 8.83 Å². The van der Waals surface area contributed by atoms with Crippen LogP contribution >= 0.6 is 15.9 Å². The first-order chi connectivity index (χ1) is 39.5. The molecule has 12 aromatic rings. The van der Waals surface area contributed by atoms with E-state index in [1.165, 1.54) is 22.3 Å². The average molecular weight is 1160 g/mol. The van der Waals surface area contributed by atoms with Crippen molar-refractivity contribution in [2.75, 3.05) is 20.9 Å². The van der Waals surface area contributed by atoms with Crippen molar-refractivity contribution in [3.8, 4) is 0 Å². The minimum absolute atomic E-state index is 0.0965. The predicted molar refractivity (Wildman–Crippen MR) is 360 cm³/mol. The molecule has 7 heteroatoms. The van der Waals surface area contributed by atoms with Gasteiger partial charge in [-0.2, -0.15) is 0 Å². The molecule has 420 valence electrons. The van der Waals surface area contributed by atoms with Gasteiger partial charge in [0.05, 0.1) is 11.4 Å². The number of nitrogen functional groups attached to an aromatic ring is 1. The molecule has 10 aromatic carbocycles. The fourth-order valence-electron chi connectivity index (χ4n) is 10.4. The van der Waals surface area contributed by atoms with Gasteiger partial charge in [-0.15, -0.1) is 0 Å². The van der Waals surface area contributed by atoms with Gasteiger partial charge in [0.1, 0.15) is 11.2 Å². The molecule has 83 heavy (non-hydrogen) atoms. The summed E-state index contributed by atoms with van der Waals surface area (Å²) in [5.74, 6) is 0. The van der Waals surface area contributed by atoms with Crippen molar-refractivity contribution >= 4 is 111 Å². The summed E-state index contributed by atoms with van der Waals surface area (Å²) in [5, 5.41) is 8.09. The first-order valence-corrected chi connectivity index (χ1v) is 29.5. The molecule has 0 unspecified atom stereocenters. The van der Waals surface area contributed by atoms with Gasteiger partial charge in [0.2, 0.25) is 0 Å². The molecule has 2 aromatic heterocycles. The maximum absolute atomic E-state index is 6.28. The first kappa shape index (κ1) is 57.7. The summed E-state index contributed by atoms with van der Waals surface area (Å²) in [6.45, 7) is 27.0. The second-order valence-electron chi connectivity index (χ2n) is 25.6. The molecule has 0 saturated carbocycles. The number of hydrogen-bond donors (Lipinski definition) is 2. The molecule has 0 amide bonds. The Morgan fingerprint density at radius 3 is 1.11 bits per heavy atom. The molecule has 0 spiro atoms. The second-order valence-corrected chi connectivity index (χ2v) is 26.5. The minimum atomic E-state index is 0.0965. The number of fused-ring (bicyclic) bond motifs is 6. The van der Waals surface area contributed by atoms with Crippen LogP contribution in [0.25, 0.3) is 43.9 Å². The summed E-state index contributed by atoms with van der Waals surface area (Å²) in [7, 11) is 0. The number of hydrogen-bond acceptors (Lipinski definition) is 6. The van der Waals surface area contributed by atoms with Gasteiger partial charge in [-0.25, -0.2) is 0 Å². The van der Waals surface area contributed by atoms with Crippen LogP contribution in [0.5, 0.6) is 0 Å². The van der Waals surface area contributed by atoms with Gasteiger partial charge in [0, 0.05) is 65.8 Å². The van der Waals surface area contributed by atoms with Crippen LogP contribution < -0.4 is 20.9 Å². The Morgan fingerprint density at radius 2 is 0.687 bits per heavy atom. The molecule has 0 bridgehead atoms. The second kappa shape index (κ2) is 23.4. The number of anilines is 9. The van der Waals surface area contributed by atoms with Gasteiger partial charge in [-0.05, 0) is 153 Å². The van der Waals surface area contributed by atoms with E-state index >= 15 is 0 Å². The number of rotatable bonds is 8. The summed E-state index contributed by atoms with van der Waals surface area (Å²) in [5.41, 5.74) is 24.5. The highest BCUT2D eigenvalue weighted by molar-refractivity contribution is 9.10. The molecule has 0 atom stereocenters. The zero-order valence-corrected chi connectivity index (χ0v) is 51.7. The lowest BCUT2D eigenvalue weighted by Crippen LogP contribution is -2.14. The largest absolute Gasteiger partial charge is 0.454 e. The summed E-state index contributed by atoms with van der Waals surface area (Å²) in [6.07, 6.45) is 0. The van der Waals surface area contributed by atoms with Gasteiger partial charge in [0.25, 0.3) is 0 Å². The van der Waals surface area contributed by atoms with E-state index in [4.69, 9.17) is 14.6 Å². The molecule has 0 aliphatic carbocycles. The van der Waals surface area contributed by atoms with Crippen LogP contribution in [-0.2, 0) is 21.7 Å². The van der Waals surface area contributed by atoms with E-state index in [-0.39, 0.29) is 21.7 Å². The fourth-order valence-corrected chi connectivity index (χ4v) is 10.8.